The number of rotatable bonds is 4. The van der Waals surface area contributed by atoms with Crippen LogP contribution < -0.4 is 4.74 Å². The summed E-state index contributed by atoms with van der Waals surface area (Å²) < 4.78 is 5.42. The van der Waals surface area contributed by atoms with E-state index in [0.29, 0.717) is 11.7 Å². The van der Waals surface area contributed by atoms with Crippen LogP contribution in [0.4, 0.5) is 0 Å². The first-order chi connectivity index (χ1) is 7.56. The average Bonchev–Trinajstić information content (AvgIpc) is 2.28. The van der Waals surface area contributed by atoms with Gasteiger partial charge in [-0.1, -0.05) is 45.9 Å². The molecule has 2 heteroatoms. The van der Waals surface area contributed by atoms with E-state index in [-0.39, 0.29) is 11.9 Å². The second-order valence-electron chi connectivity index (χ2n) is 4.42. The minimum absolute atomic E-state index is 0.0415. The van der Waals surface area contributed by atoms with Gasteiger partial charge in [0.05, 0.1) is 5.92 Å². The van der Waals surface area contributed by atoms with E-state index in [1.807, 2.05) is 38.1 Å². The Balaban J connectivity index is 2.84. The fourth-order valence-electron chi connectivity index (χ4n) is 1.43. The van der Waals surface area contributed by atoms with Crippen molar-refractivity contribution in [1.82, 2.24) is 0 Å². The molecule has 0 N–H and O–H groups in total. The Morgan fingerprint density at radius 3 is 2.44 bits per heavy atom. The second-order valence-corrected chi connectivity index (χ2v) is 4.42. The molecule has 1 unspecified atom stereocenters. The van der Waals surface area contributed by atoms with E-state index < -0.39 is 0 Å². The van der Waals surface area contributed by atoms with Crippen LogP contribution in [0.5, 0.6) is 5.75 Å². The zero-order valence-electron chi connectivity index (χ0n) is 10.5. The van der Waals surface area contributed by atoms with Crippen molar-refractivity contribution >= 4 is 5.97 Å². The Bertz CT molecular complexity index is 356. The van der Waals surface area contributed by atoms with Gasteiger partial charge < -0.3 is 4.74 Å². The molecule has 1 aromatic carbocycles. The van der Waals surface area contributed by atoms with Gasteiger partial charge in [0.1, 0.15) is 5.75 Å². The van der Waals surface area contributed by atoms with Crippen molar-refractivity contribution in [3.8, 4) is 5.75 Å². The van der Waals surface area contributed by atoms with E-state index in [0.717, 1.165) is 12.0 Å². The molecule has 0 aliphatic rings. The highest BCUT2D eigenvalue weighted by Gasteiger charge is 2.15. The molecule has 1 atom stereocenters. The molecule has 0 aliphatic heterocycles. The van der Waals surface area contributed by atoms with E-state index in [1.165, 1.54) is 0 Å². The Morgan fingerprint density at radius 1 is 1.25 bits per heavy atom. The fourth-order valence-corrected chi connectivity index (χ4v) is 1.43. The molecule has 0 fully saturated rings. The average molecular weight is 220 g/mol. The van der Waals surface area contributed by atoms with Crippen molar-refractivity contribution in [2.24, 2.45) is 5.92 Å². The summed E-state index contributed by atoms with van der Waals surface area (Å²) in [5.74, 6) is 0.875. The van der Waals surface area contributed by atoms with Crippen LogP contribution in [0.15, 0.2) is 24.3 Å². The summed E-state index contributed by atoms with van der Waals surface area (Å²) in [6.45, 7) is 8.06. The lowest BCUT2D eigenvalue weighted by atomic mass is 10.0. The van der Waals surface area contributed by atoms with E-state index in [9.17, 15) is 4.79 Å². The van der Waals surface area contributed by atoms with Crippen LogP contribution in [0, 0.1) is 5.92 Å². The van der Waals surface area contributed by atoms with Crippen molar-refractivity contribution < 1.29 is 9.53 Å². The van der Waals surface area contributed by atoms with Gasteiger partial charge in [-0.2, -0.15) is 0 Å². The molecule has 1 aromatic rings. The molecule has 0 saturated heterocycles. The Morgan fingerprint density at radius 2 is 1.88 bits per heavy atom. The smallest absolute Gasteiger partial charge is 0.314 e. The van der Waals surface area contributed by atoms with Crippen molar-refractivity contribution in [2.45, 2.75) is 40.0 Å². The Labute approximate surface area is 97.6 Å². The third kappa shape index (κ3) is 3.09. The molecular formula is C14H20O2. The number of hydrogen-bond acceptors (Lipinski definition) is 2. The fraction of sp³-hybridized carbons (Fsp3) is 0.500. The first kappa shape index (κ1) is 12.8. The minimum atomic E-state index is -0.143. The van der Waals surface area contributed by atoms with E-state index in [4.69, 9.17) is 4.74 Å². The predicted octanol–water partition coefficient (Wildman–Crippen LogP) is 3.76. The number of carbonyl (C=O) groups excluding carboxylic acids is 1. The number of carbonyl (C=O) groups is 1. The first-order valence-corrected chi connectivity index (χ1v) is 5.86. The van der Waals surface area contributed by atoms with Crippen LogP contribution in [0.3, 0.4) is 0 Å². The largest absolute Gasteiger partial charge is 0.426 e. The van der Waals surface area contributed by atoms with Crippen LogP contribution >= 0.6 is 0 Å². The third-order valence-corrected chi connectivity index (χ3v) is 2.77. The SMILES string of the molecule is CCC(C)C(=O)Oc1ccccc1C(C)C. The first-order valence-electron chi connectivity index (χ1n) is 5.86. The lowest BCUT2D eigenvalue weighted by Gasteiger charge is -2.14. The van der Waals surface area contributed by atoms with Crippen LogP contribution in [-0.2, 0) is 4.79 Å². The molecule has 0 bridgehead atoms. The summed E-state index contributed by atoms with van der Waals surface area (Å²) in [6, 6.07) is 7.72. The van der Waals surface area contributed by atoms with E-state index in [1.54, 1.807) is 0 Å². The topological polar surface area (TPSA) is 26.3 Å². The third-order valence-electron chi connectivity index (χ3n) is 2.77. The maximum absolute atomic E-state index is 11.7. The second kappa shape index (κ2) is 5.69. The lowest BCUT2D eigenvalue weighted by Crippen LogP contribution is -2.17. The number of benzene rings is 1. The standard InChI is InChI=1S/C14H20O2/c1-5-11(4)14(15)16-13-9-7-6-8-12(13)10(2)3/h6-11H,5H2,1-4H3. The summed E-state index contributed by atoms with van der Waals surface area (Å²) in [5, 5.41) is 0. The molecule has 16 heavy (non-hydrogen) atoms. The van der Waals surface area contributed by atoms with Crippen LogP contribution in [-0.4, -0.2) is 5.97 Å². The molecule has 0 heterocycles. The summed E-state index contributed by atoms with van der Waals surface area (Å²) in [5.41, 5.74) is 1.08. The minimum Gasteiger partial charge on any atom is -0.426 e. The molecular weight excluding hydrogens is 200 g/mol. The van der Waals surface area contributed by atoms with Crippen LogP contribution in [0.25, 0.3) is 0 Å². The normalized spacial score (nSPS) is 12.6. The van der Waals surface area contributed by atoms with Gasteiger partial charge in [0.15, 0.2) is 0 Å². The molecule has 0 aromatic heterocycles. The van der Waals surface area contributed by atoms with Gasteiger partial charge in [-0.05, 0) is 24.0 Å². The van der Waals surface area contributed by atoms with Gasteiger partial charge in [-0.25, -0.2) is 0 Å². The van der Waals surface area contributed by atoms with Gasteiger partial charge in [-0.15, -0.1) is 0 Å². The summed E-state index contributed by atoms with van der Waals surface area (Å²) in [4.78, 5) is 11.7. The van der Waals surface area contributed by atoms with Crippen molar-refractivity contribution in [3.05, 3.63) is 29.8 Å². The van der Waals surface area contributed by atoms with Crippen molar-refractivity contribution in [1.29, 1.82) is 0 Å². The summed E-state index contributed by atoms with van der Waals surface area (Å²) in [7, 11) is 0. The summed E-state index contributed by atoms with van der Waals surface area (Å²) in [6.07, 6.45) is 0.808. The number of hydrogen-bond donors (Lipinski definition) is 0. The van der Waals surface area contributed by atoms with E-state index in [2.05, 4.69) is 13.8 Å². The van der Waals surface area contributed by atoms with Crippen LogP contribution in [0.1, 0.15) is 45.6 Å². The quantitative estimate of drug-likeness (QED) is 0.570. The zero-order valence-corrected chi connectivity index (χ0v) is 10.5. The highest BCUT2D eigenvalue weighted by molar-refractivity contribution is 5.75. The molecule has 0 aliphatic carbocycles. The Hall–Kier alpha value is -1.31. The van der Waals surface area contributed by atoms with Crippen LogP contribution in [0.2, 0.25) is 0 Å². The predicted molar refractivity (Wildman–Crippen MR) is 65.6 cm³/mol. The number of esters is 1. The molecule has 1 rings (SSSR count). The van der Waals surface area contributed by atoms with Gasteiger partial charge in [-0.3, -0.25) is 4.79 Å². The van der Waals surface area contributed by atoms with Gasteiger partial charge in [0, 0.05) is 0 Å². The zero-order chi connectivity index (χ0) is 12.1. The van der Waals surface area contributed by atoms with Gasteiger partial charge in [0.25, 0.3) is 0 Å². The highest BCUT2D eigenvalue weighted by Crippen LogP contribution is 2.26. The maximum atomic E-state index is 11.7. The summed E-state index contributed by atoms with van der Waals surface area (Å²) >= 11 is 0. The van der Waals surface area contributed by atoms with E-state index >= 15 is 0 Å². The molecule has 88 valence electrons. The number of ether oxygens (including phenoxy) is 1. The lowest BCUT2D eigenvalue weighted by molar-refractivity contribution is -0.138. The van der Waals surface area contributed by atoms with Gasteiger partial charge >= 0.3 is 5.97 Å². The number of para-hydroxylation sites is 1. The van der Waals surface area contributed by atoms with Crippen molar-refractivity contribution in [2.75, 3.05) is 0 Å². The molecule has 2 nitrogen and oxygen atoms in total. The highest BCUT2D eigenvalue weighted by atomic mass is 16.5. The van der Waals surface area contributed by atoms with Crippen molar-refractivity contribution in [3.63, 3.8) is 0 Å². The Kier molecular flexibility index (Phi) is 4.53. The molecule has 0 saturated carbocycles. The molecule has 0 amide bonds. The van der Waals surface area contributed by atoms with Gasteiger partial charge in [0.2, 0.25) is 0 Å². The maximum Gasteiger partial charge on any atom is 0.314 e. The molecule has 0 spiro atoms. The molecule has 0 radical (unpaired) electrons. The monoisotopic (exact) mass is 220 g/mol.